The zero-order chi connectivity index (χ0) is 39.4. The molecule has 0 saturated heterocycles. The minimum absolute atomic E-state index is 0.0410. The number of allylic oxidation sites excluding steroid dienone is 4. The van der Waals surface area contributed by atoms with Crippen LogP contribution in [0.15, 0.2) is 24.3 Å². The third kappa shape index (κ3) is 40.0. The predicted molar refractivity (Wildman–Crippen MR) is 232 cm³/mol. The van der Waals surface area contributed by atoms with Crippen molar-refractivity contribution < 1.29 is 24.5 Å². The predicted octanol–water partition coefficient (Wildman–Crippen LogP) is 13.6. The number of unbranched alkanes of at least 4 members (excludes halogenated alkanes) is 28. The molecule has 3 N–H and O–H groups in total. The van der Waals surface area contributed by atoms with Crippen molar-refractivity contribution in [3.63, 3.8) is 0 Å². The summed E-state index contributed by atoms with van der Waals surface area (Å²) in [5.41, 5.74) is 0. The Kier molecular flexibility index (Phi) is 42.7. The van der Waals surface area contributed by atoms with Crippen LogP contribution in [0.3, 0.4) is 0 Å². The first-order valence-corrected chi connectivity index (χ1v) is 23.6. The van der Waals surface area contributed by atoms with Crippen LogP contribution in [0.5, 0.6) is 0 Å². The summed E-state index contributed by atoms with van der Waals surface area (Å²) in [4.78, 5) is 24.4. The Morgan fingerprint density at radius 3 is 1.33 bits per heavy atom. The molecule has 0 aromatic carbocycles. The first kappa shape index (κ1) is 52.3. The van der Waals surface area contributed by atoms with Gasteiger partial charge in [0.2, 0.25) is 5.91 Å². The van der Waals surface area contributed by atoms with Crippen molar-refractivity contribution in [2.75, 3.05) is 13.2 Å². The number of aliphatic hydroxyl groups excluding tert-OH is 2. The molecule has 0 aromatic heterocycles. The maximum Gasteiger partial charge on any atom is 0.305 e. The van der Waals surface area contributed by atoms with Crippen LogP contribution in [0.4, 0.5) is 0 Å². The Morgan fingerprint density at radius 1 is 0.500 bits per heavy atom. The molecule has 0 aromatic rings. The molecule has 6 nitrogen and oxygen atoms in total. The molecular weight excluding hydrogens is 671 g/mol. The molecule has 0 heterocycles. The number of rotatable bonds is 43. The SMILES string of the molecule is CCCCCC/C=C\CCCCCCCC(=O)OCCCC/C=C\CCCCCCCC(=O)NC(CO)C(O)CCCCCCCCCCCCCCC. The maximum atomic E-state index is 12.4. The van der Waals surface area contributed by atoms with Crippen LogP contribution in [0.1, 0.15) is 245 Å². The molecule has 318 valence electrons. The normalized spacial score (nSPS) is 12.9. The van der Waals surface area contributed by atoms with Crippen LogP contribution in [-0.2, 0) is 14.3 Å². The number of aliphatic hydroxyl groups is 2. The Bertz CT molecular complexity index is 843. The van der Waals surface area contributed by atoms with E-state index in [-0.39, 0.29) is 18.5 Å². The van der Waals surface area contributed by atoms with Gasteiger partial charge in [0, 0.05) is 12.8 Å². The Morgan fingerprint density at radius 2 is 0.870 bits per heavy atom. The fourth-order valence-electron chi connectivity index (χ4n) is 7.04. The van der Waals surface area contributed by atoms with Crippen molar-refractivity contribution in [3.05, 3.63) is 24.3 Å². The first-order chi connectivity index (χ1) is 26.5. The van der Waals surface area contributed by atoms with Crippen molar-refractivity contribution in [2.45, 2.75) is 257 Å². The lowest BCUT2D eigenvalue weighted by Gasteiger charge is -2.22. The summed E-state index contributed by atoms with van der Waals surface area (Å²) in [5.74, 6) is -0.107. The summed E-state index contributed by atoms with van der Waals surface area (Å²) in [6, 6.07) is -0.561. The van der Waals surface area contributed by atoms with Gasteiger partial charge in [0.15, 0.2) is 0 Å². The van der Waals surface area contributed by atoms with Crippen molar-refractivity contribution in [3.8, 4) is 0 Å². The van der Waals surface area contributed by atoms with Gasteiger partial charge in [-0.3, -0.25) is 9.59 Å². The van der Waals surface area contributed by atoms with Gasteiger partial charge in [-0.25, -0.2) is 0 Å². The minimum atomic E-state index is -0.681. The van der Waals surface area contributed by atoms with Gasteiger partial charge in [-0.1, -0.05) is 179 Å². The van der Waals surface area contributed by atoms with Crippen molar-refractivity contribution >= 4 is 11.9 Å². The second-order valence-electron chi connectivity index (χ2n) is 16.1. The van der Waals surface area contributed by atoms with Crippen LogP contribution in [0.25, 0.3) is 0 Å². The van der Waals surface area contributed by atoms with E-state index in [9.17, 15) is 19.8 Å². The standard InChI is InChI=1S/C48H91NO5/c1-3-5-7-9-11-13-15-17-20-24-28-32-36-40-46(51)45(44-50)49-47(52)41-37-33-29-25-21-19-23-27-31-35-39-43-54-48(53)42-38-34-30-26-22-18-16-14-12-10-8-6-4-2/h14,16,23,27,45-46,50-51H,3-13,15,17-22,24-26,28-44H2,1-2H3,(H,49,52)/b16-14-,27-23-. The van der Waals surface area contributed by atoms with Gasteiger partial charge >= 0.3 is 5.97 Å². The highest BCUT2D eigenvalue weighted by atomic mass is 16.5. The topological polar surface area (TPSA) is 95.9 Å². The lowest BCUT2D eigenvalue weighted by molar-refractivity contribution is -0.143. The average molecular weight is 762 g/mol. The molecule has 0 bridgehead atoms. The molecule has 0 fully saturated rings. The number of ether oxygens (including phenoxy) is 1. The van der Waals surface area contributed by atoms with Crippen molar-refractivity contribution in [1.82, 2.24) is 5.32 Å². The summed E-state index contributed by atoms with van der Waals surface area (Å²) in [6.07, 6.45) is 49.9. The summed E-state index contributed by atoms with van der Waals surface area (Å²) < 4.78 is 5.41. The van der Waals surface area contributed by atoms with E-state index in [1.807, 2.05) is 0 Å². The number of hydrogen-bond donors (Lipinski definition) is 3. The van der Waals surface area contributed by atoms with Crippen molar-refractivity contribution in [1.29, 1.82) is 0 Å². The van der Waals surface area contributed by atoms with E-state index in [1.165, 1.54) is 128 Å². The summed E-state index contributed by atoms with van der Waals surface area (Å²) in [5, 5.41) is 23.1. The van der Waals surface area contributed by atoms with Gasteiger partial charge in [-0.2, -0.15) is 0 Å². The fraction of sp³-hybridized carbons (Fsp3) is 0.875. The van der Waals surface area contributed by atoms with E-state index in [0.717, 1.165) is 83.5 Å². The van der Waals surface area contributed by atoms with Gasteiger partial charge < -0.3 is 20.3 Å². The summed E-state index contributed by atoms with van der Waals surface area (Å²) in [6.45, 7) is 4.84. The molecule has 0 aliphatic heterocycles. The smallest absolute Gasteiger partial charge is 0.305 e. The number of carbonyl (C=O) groups excluding carboxylic acids is 2. The van der Waals surface area contributed by atoms with Gasteiger partial charge in [0.1, 0.15) is 0 Å². The Balaban J connectivity index is 3.54. The quantitative estimate of drug-likeness (QED) is 0.0327. The van der Waals surface area contributed by atoms with Gasteiger partial charge in [-0.05, 0) is 77.0 Å². The average Bonchev–Trinajstić information content (AvgIpc) is 3.17. The highest BCUT2D eigenvalue weighted by Crippen LogP contribution is 2.15. The Hall–Kier alpha value is -1.66. The van der Waals surface area contributed by atoms with Gasteiger partial charge in [0.05, 0.1) is 25.4 Å². The lowest BCUT2D eigenvalue weighted by Crippen LogP contribution is -2.45. The van der Waals surface area contributed by atoms with Gasteiger partial charge in [0.25, 0.3) is 0 Å². The van der Waals surface area contributed by atoms with Gasteiger partial charge in [-0.15, -0.1) is 0 Å². The fourth-order valence-corrected chi connectivity index (χ4v) is 7.04. The second kappa shape index (κ2) is 44.1. The van der Waals surface area contributed by atoms with Crippen molar-refractivity contribution in [2.24, 2.45) is 0 Å². The minimum Gasteiger partial charge on any atom is -0.466 e. The molecule has 0 rings (SSSR count). The van der Waals surface area contributed by atoms with Crippen LogP contribution < -0.4 is 5.32 Å². The summed E-state index contributed by atoms with van der Waals surface area (Å²) >= 11 is 0. The van der Waals surface area contributed by atoms with Crippen LogP contribution >= 0.6 is 0 Å². The number of amides is 1. The number of esters is 1. The molecule has 6 heteroatoms. The Labute approximate surface area is 335 Å². The highest BCUT2D eigenvalue weighted by Gasteiger charge is 2.20. The maximum absolute atomic E-state index is 12.4. The largest absolute Gasteiger partial charge is 0.466 e. The third-order valence-corrected chi connectivity index (χ3v) is 10.7. The van der Waals surface area contributed by atoms with E-state index >= 15 is 0 Å². The molecule has 0 aliphatic rings. The molecule has 2 unspecified atom stereocenters. The van der Waals surface area contributed by atoms with E-state index in [0.29, 0.717) is 25.9 Å². The van der Waals surface area contributed by atoms with E-state index < -0.39 is 12.1 Å². The molecule has 0 saturated carbocycles. The summed E-state index contributed by atoms with van der Waals surface area (Å²) in [7, 11) is 0. The molecular formula is C48H91NO5. The first-order valence-electron chi connectivity index (χ1n) is 23.6. The molecule has 0 radical (unpaired) electrons. The third-order valence-electron chi connectivity index (χ3n) is 10.7. The molecule has 0 aliphatic carbocycles. The number of nitrogens with one attached hydrogen (secondary N) is 1. The highest BCUT2D eigenvalue weighted by molar-refractivity contribution is 5.76. The second-order valence-corrected chi connectivity index (χ2v) is 16.1. The number of carbonyl (C=O) groups is 2. The zero-order valence-electron chi connectivity index (χ0n) is 36.0. The molecule has 54 heavy (non-hydrogen) atoms. The lowest BCUT2D eigenvalue weighted by atomic mass is 10.0. The molecule has 1 amide bonds. The van der Waals surface area contributed by atoms with Crippen LogP contribution in [0, 0.1) is 0 Å². The van der Waals surface area contributed by atoms with Crippen LogP contribution in [-0.4, -0.2) is 47.4 Å². The molecule has 2 atom stereocenters. The molecule has 0 spiro atoms. The number of hydrogen-bond acceptors (Lipinski definition) is 5. The van der Waals surface area contributed by atoms with E-state index in [1.54, 1.807) is 0 Å². The van der Waals surface area contributed by atoms with E-state index in [4.69, 9.17) is 4.74 Å². The zero-order valence-corrected chi connectivity index (χ0v) is 36.0. The van der Waals surface area contributed by atoms with E-state index in [2.05, 4.69) is 43.5 Å². The monoisotopic (exact) mass is 762 g/mol. The van der Waals surface area contributed by atoms with Crippen LogP contribution in [0.2, 0.25) is 0 Å².